The molecule has 4 heteroatoms. The van der Waals surface area contributed by atoms with Gasteiger partial charge in [0.25, 0.3) is 0 Å². The van der Waals surface area contributed by atoms with Gasteiger partial charge in [-0.2, -0.15) is 0 Å². The second-order valence-electron chi connectivity index (χ2n) is 6.33. The lowest BCUT2D eigenvalue weighted by atomic mass is 9.74. The van der Waals surface area contributed by atoms with Crippen molar-refractivity contribution in [2.75, 3.05) is 32.1 Å². The lowest BCUT2D eigenvalue weighted by molar-refractivity contribution is -0.129. The highest BCUT2D eigenvalue weighted by atomic mass is 16.5. The van der Waals surface area contributed by atoms with Crippen molar-refractivity contribution in [1.29, 1.82) is 0 Å². The summed E-state index contributed by atoms with van der Waals surface area (Å²) in [5.74, 6) is 1.36. The molecule has 1 aliphatic rings. The molecule has 0 spiro atoms. The number of piperidine rings is 1. The summed E-state index contributed by atoms with van der Waals surface area (Å²) in [5, 5.41) is 3.40. The molecule has 1 N–H and O–H groups in total. The van der Waals surface area contributed by atoms with Crippen molar-refractivity contribution < 1.29 is 9.53 Å². The molecule has 2 rings (SSSR count). The lowest BCUT2D eigenvalue weighted by Crippen LogP contribution is -2.48. The molecule has 1 amide bonds. The first-order valence-electron chi connectivity index (χ1n) is 7.59. The molecule has 1 fully saturated rings. The first-order valence-corrected chi connectivity index (χ1v) is 7.59. The maximum absolute atomic E-state index is 12.9. The van der Waals surface area contributed by atoms with Gasteiger partial charge in [0.2, 0.25) is 5.91 Å². The van der Waals surface area contributed by atoms with Crippen LogP contribution in [0.5, 0.6) is 5.75 Å². The predicted octanol–water partition coefficient (Wildman–Crippen LogP) is 2.68. The Morgan fingerprint density at radius 2 is 2.00 bits per heavy atom. The van der Waals surface area contributed by atoms with Gasteiger partial charge >= 0.3 is 0 Å². The number of methoxy groups -OCH3 is 1. The SMILES string of the molecule is COc1ccc(N(C)C(=O)C(C)(C)C2CCCNC2)cc1. The van der Waals surface area contributed by atoms with E-state index in [4.69, 9.17) is 4.74 Å². The predicted molar refractivity (Wildman–Crippen MR) is 85.8 cm³/mol. The minimum Gasteiger partial charge on any atom is -0.497 e. The number of nitrogens with one attached hydrogen (secondary N) is 1. The molecular weight excluding hydrogens is 264 g/mol. The minimum atomic E-state index is -0.359. The molecule has 1 heterocycles. The topological polar surface area (TPSA) is 41.6 Å². The van der Waals surface area contributed by atoms with Gasteiger partial charge in [0.05, 0.1) is 7.11 Å². The summed E-state index contributed by atoms with van der Waals surface area (Å²) in [7, 11) is 3.49. The fraction of sp³-hybridized carbons (Fsp3) is 0.588. The van der Waals surface area contributed by atoms with Crippen LogP contribution in [0.3, 0.4) is 0 Å². The van der Waals surface area contributed by atoms with Crippen LogP contribution in [-0.4, -0.2) is 33.2 Å². The minimum absolute atomic E-state index is 0.168. The Kier molecular flexibility index (Phi) is 4.88. The molecule has 1 aliphatic heterocycles. The second kappa shape index (κ2) is 6.48. The van der Waals surface area contributed by atoms with E-state index < -0.39 is 0 Å². The van der Waals surface area contributed by atoms with E-state index in [2.05, 4.69) is 19.2 Å². The van der Waals surface area contributed by atoms with Crippen molar-refractivity contribution in [2.24, 2.45) is 11.3 Å². The Morgan fingerprint density at radius 3 is 2.52 bits per heavy atom. The third-order valence-electron chi connectivity index (χ3n) is 4.63. The number of hydrogen-bond acceptors (Lipinski definition) is 3. The molecule has 1 saturated heterocycles. The molecule has 1 aromatic rings. The first kappa shape index (κ1) is 15.8. The number of amides is 1. The number of carbonyl (C=O) groups is 1. The van der Waals surface area contributed by atoms with E-state index in [1.54, 1.807) is 12.0 Å². The number of nitrogens with zero attached hydrogens (tertiary/aromatic N) is 1. The molecule has 1 unspecified atom stereocenters. The first-order chi connectivity index (χ1) is 9.96. The highest BCUT2D eigenvalue weighted by Crippen LogP contribution is 2.34. The smallest absolute Gasteiger partial charge is 0.232 e. The molecule has 0 saturated carbocycles. The summed E-state index contributed by atoms with van der Waals surface area (Å²) in [5.41, 5.74) is 0.542. The largest absolute Gasteiger partial charge is 0.497 e. The summed E-state index contributed by atoms with van der Waals surface area (Å²) in [6.07, 6.45) is 2.26. The van der Waals surface area contributed by atoms with Crippen LogP contribution in [0.4, 0.5) is 5.69 Å². The second-order valence-corrected chi connectivity index (χ2v) is 6.33. The summed E-state index contributed by atoms with van der Waals surface area (Å²) < 4.78 is 5.16. The van der Waals surface area contributed by atoms with E-state index in [0.29, 0.717) is 5.92 Å². The maximum atomic E-state index is 12.9. The molecule has 0 bridgehead atoms. The van der Waals surface area contributed by atoms with Crippen molar-refractivity contribution in [3.63, 3.8) is 0 Å². The Bertz CT molecular complexity index is 476. The van der Waals surface area contributed by atoms with Crippen LogP contribution < -0.4 is 15.0 Å². The van der Waals surface area contributed by atoms with Gasteiger partial charge in [0, 0.05) is 18.2 Å². The molecule has 1 aromatic carbocycles. The van der Waals surface area contributed by atoms with Crippen LogP contribution in [0.15, 0.2) is 24.3 Å². The van der Waals surface area contributed by atoms with Crippen LogP contribution in [0.2, 0.25) is 0 Å². The average molecular weight is 290 g/mol. The van der Waals surface area contributed by atoms with Crippen molar-refractivity contribution in [2.45, 2.75) is 26.7 Å². The number of carbonyl (C=O) groups excluding carboxylic acids is 1. The summed E-state index contributed by atoms with van der Waals surface area (Å²) in [6, 6.07) is 7.61. The van der Waals surface area contributed by atoms with Crippen LogP contribution in [0.1, 0.15) is 26.7 Å². The number of ether oxygens (including phenoxy) is 1. The van der Waals surface area contributed by atoms with Gasteiger partial charge in [-0.3, -0.25) is 4.79 Å². The Hall–Kier alpha value is -1.55. The quantitative estimate of drug-likeness (QED) is 0.927. The van der Waals surface area contributed by atoms with E-state index in [0.717, 1.165) is 37.4 Å². The standard InChI is InChI=1S/C17H26N2O2/c1-17(2,13-6-5-11-18-12-13)16(20)19(3)14-7-9-15(21-4)10-8-14/h7-10,13,18H,5-6,11-12H2,1-4H3. The van der Waals surface area contributed by atoms with Crippen LogP contribution >= 0.6 is 0 Å². The van der Waals surface area contributed by atoms with Gasteiger partial charge in [-0.05, 0) is 56.1 Å². The third-order valence-corrected chi connectivity index (χ3v) is 4.63. The number of hydrogen-bond donors (Lipinski definition) is 1. The van der Waals surface area contributed by atoms with Gasteiger partial charge in [-0.1, -0.05) is 13.8 Å². The molecule has 21 heavy (non-hydrogen) atoms. The van der Waals surface area contributed by atoms with Crippen LogP contribution in [0, 0.1) is 11.3 Å². The molecule has 0 aromatic heterocycles. The van der Waals surface area contributed by atoms with E-state index in [1.165, 1.54) is 0 Å². The molecule has 116 valence electrons. The fourth-order valence-electron chi connectivity index (χ4n) is 3.00. The highest BCUT2D eigenvalue weighted by Gasteiger charge is 2.39. The normalized spacial score (nSPS) is 19.1. The summed E-state index contributed by atoms with van der Waals surface area (Å²) in [4.78, 5) is 14.6. The van der Waals surface area contributed by atoms with Gasteiger partial charge in [0.1, 0.15) is 5.75 Å². The molecule has 4 nitrogen and oxygen atoms in total. The summed E-state index contributed by atoms with van der Waals surface area (Å²) in [6.45, 7) is 6.12. The van der Waals surface area contributed by atoms with E-state index in [-0.39, 0.29) is 11.3 Å². The van der Waals surface area contributed by atoms with Crippen molar-refractivity contribution in [3.8, 4) is 5.75 Å². The summed E-state index contributed by atoms with van der Waals surface area (Å²) >= 11 is 0. The Balaban J connectivity index is 2.12. The van der Waals surface area contributed by atoms with Gasteiger partial charge < -0.3 is 15.0 Å². The van der Waals surface area contributed by atoms with Crippen molar-refractivity contribution >= 4 is 11.6 Å². The molecule has 0 radical (unpaired) electrons. The Labute approximate surface area is 127 Å². The zero-order chi connectivity index (χ0) is 15.5. The van der Waals surface area contributed by atoms with Gasteiger partial charge in [0.15, 0.2) is 0 Å². The monoisotopic (exact) mass is 290 g/mol. The fourth-order valence-corrected chi connectivity index (χ4v) is 3.00. The Morgan fingerprint density at radius 1 is 1.33 bits per heavy atom. The molecule has 1 atom stereocenters. The highest BCUT2D eigenvalue weighted by molar-refractivity contribution is 5.96. The lowest BCUT2D eigenvalue weighted by Gasteiger charge is -2.38. The molecular formula is C17H26N2O2. The number of rotatable bonds is 4. The van der Waals surface area contributed by atoms with E-state index in [1.807, 2.05) is 31.3 Å². The molecule has 0 aliphatic carbocycles. The van der Waals surface area contributed by atoms with Crippen molar-refractivity contribution in [1.82, 2.24) is 5.32 Å². The van der Waals surface area contributed by atoms with Crippen molar-refractivity contribution in [3.05, 3.63) is 24.3 Å². The van der Waals surface area contributed by atoms with Gasteiger partial charge in [-0.15, -0.1) is 0 Å². The third kappa shape index (κ3) is 3.38. The average Bonchev–Trinajstić information content (AvgIpc) is 2.54. The maximum Gasteiger partial charge on any atom is 0.232 e. The van der Waals surface area contributed by atoms with E-state index >= 15 is 0 Å². The van der Waals surface area contributed by atoms with Gasteiger partial charge in [-0.25, -0.2) is 0 Å². The number of anilines is 1. The number of benzene rings is 1. The van der Waals surface area contributed by atoms with Crippen LogP contribution in [0.25, 0.3) is 0 Å². The zero-order valence-corrected chi connectivity index (χ0v) is 13.5. The van der Waals surface area contributed by atoms with Crippen LogP contribution in [-0.2, 0) is 4.79 Å². The van der Waals surface area contributed by atoms with E-state index in [9.17, 15) is 4.79 Å². The zero-order valence-electron chi connectivity index (χ0n) is 13.5.